The number of fused-ring (bicyclic) bond motifs is 3. The Balaban J connectivity index is 1.57. The lowest BCUT2D eigenvalue weighted by molar-refractivity contribution is -0.385. The van der Waals surface area contributed by atoms with Gasteiger partial charge in [0.15, 0.2) is 5.82 Å². The van der Waals surface area contributed by atoms with Gasteiger partial charge in [0.2, 0.25) is 0 Å². The summed E-state index contributed by atoms with van der Waals surface area (Å²) < 4.78 is 7.45. The van der Waals surface area contributed by atoms with E-state index < -0.39 is 11.0 Å². The van der Waals surface area contributed by atoms with Crippen molar-refractivity contribution >= 4 is 39.5 Å². The predicted molar refractivity (Wildman–Crippen MR) is 126 cm³/mol. The van der Waals surface area contributed by atoms with Crippen molar-refractivity contribution in [2.24, 2.45) is 5.92 Å². The fourth-order valence-electron chi connectivity index (χ4n) is 3.90. The van der Waals surface area contributed by atoms with E-state index in [1.165, 1.54) is 6.07 Å². The normalized spacial score (nSPS) is 12.2. The van der Waals surface area contributed by atoms with Gasteiger partial charge in [-0.1, -0.05) is 57.2 Å². The van der Waals surface area contributed by atoms with Crippen LogP contribution >= 0.6 is 0 Å². The Hall–Kier alpha value is -4.01. The molecular formula is C24H25N5O4. The fraction of sp³-hybridized carbons (Fsp3) is 0.292. The molecule has 1 unspecified atom stereocenters. The van der Waals surface area contributed by atoms with Crippen LogP contribution < -0.4 is 5.32 Å². The molecule has 4 rings (SSSR count). The van der Waals surface area contributed by atoms with Crippen LogP contribution in [-0.2, 0) is 11.3 Å². The number of rotatable bonds is 7. The van der Waals surface area contributed by atoms with Crippen molar-refractivity contribution in [3.63, 3.8) is 0 Å². The summed E-state index contributed by atoms with van der Waals surface area (Å²) in [5, 5.41) is 14.9. The van der Waals surface area contributed by atoms with E-state index in [2.05, 4.69) is 33.7 Å². The van der Waals surface area contributed by atoms with Crippen LogP contribution in [0.1, 0.15) is 32.3 Å². The largest absolute Gasteiger partial charge is 0.449 e. The number of hydrogen-bond acceptors (Lipinski definition) is 6. The Morgan fingerprint density at radius 3 is 2.64 bits per heavy atom. The molecule has 170 valence electrons. The molecule has 0 aliphatic rings. The van der Waals surface area contributed by atoms with Gasteiger partial charge in [-0.05, 0) is 12.0 Å². The third-order valence-corrected chi connectivity index (χ3v) is 5.36. The summed E-state index contributed by atoms with van der Waals surface area (Å²) in [5.74, 6) is 0.376. The number of aromatic nitrogens is 3. The highest BCUT2D eigenvalue weighted by atomic mass is 16.6. The highest BCUT2D eigenvalue weighted by molar-refractivity contribution is 6.08. The van der Waals surface area contributed by atoms with Crippen LogP contribution in [0.4, 0.5) is 16.3 Å². The van der Waals surface area contributed by atoms with Gasteiger partial charge < -0.3 is 9.30 Å². The van der Waals surface area contributed by atoms with Gasteiger partial charge in [-0.3, -0.25) is 15.4 Å². The van der Waals surface area contributed by atoms with Crippen LogP contribution in [0.5, 0.6) is 0 Å². The van der Waals surface area contributed by atoms with E-state index in [0.29, 0.717) is 22.8 Å². The summed E-state index contributed by atoms with van der Waals surface area (Å²) in [5.41, 5.74) is 2.73. The number of nitrogens with one attached hydrogen (secondary N) is 1. The van der Waals surface area contributed by atoms with Gasteiger partial charge in [0, 0.05) is 29.5 Å². The van der Waals surface area contributed by atoms with Gasteiger partial charge in [0.05, 0.1) is 22.3 Å². The smallest absolute Gasteiger partial charge is 0.412 e. The fourth-order valence-corrected chi connectivity index (χ4v) is 3.90. The highest BCUT2D eigenvalue weighted by Gasteiger charge is 2.21. The molecule has 9 heteroatoms. The summed E-state index contributed by atoms with van der Waals surface area (Å²) in [6, 6.07) is 14.1. The first-order valence-electron chi connectivity index (χ1n) is 10.8. The SMILES string of the molecule is CC(C)Cn1cnc2c(NC(=O)OCC(C)c3ccccc3[N+](=O)[O-])nc3ccccc3c21. The number of amides is 1. The molecule has 4 aromatic rings. The lowest BCUT2D eigenvalue weighted by atomic mass is 10.0. The second kappa shape index (κ2) is 9.23. The number of ether oxygens (including phenoxy) is 1. The van der Waals surface area contributed by atoms with E-state index >= 15 is 0 Å². The summed E-state index contributed by atoms with van der Waals surface area (Å²) in [4.78, 5) is 32.5. The van der Waals surface area contributed by atoms with Gasteiger partial charge in [-0.2, -0.15) is 0 Å². The lowest BCUT2D eigenvalue weighted by Crippen LogP contribution is -2.18. The first kappa shape index (κ1) is 22.2. The zero-order chi connectivity index (χ0) is 23.5. The van der Waals surface area contributed by atoms with Crippen molar-refractivity contribution in [3.05, 3.63) is 70.5 Å². The molecule has 2 aromatic heterocycles. The molecular weight excluding hydrogens is 422 g/mol. The number of anilines is 1. The van der Waals surface area contributed by atoms with E-state index in [4.69, 9.17) is 4.74 Å². The Bertz CT molecular complexity index is 1330. The standard InChI is InChI=1S/C24H25N5O4/c1-15(2)12-28-14-25-21-22(28)18-9-4-6-10-19(18)26-23(21)27-24(30)33-13-16(3)17-8-5-7-11-20(17)29(31)32/h4-11,14-16H,12-13H2,1-3H3,(H,26,27,30). The second-order valence-corrected chi connectivity index (χ2v) is 8.41. The third-order valence-electron chi connectivity index (χ3n) is 5.36. The van der Waals surface area contributed by atoms with Crippen molar-refractivity contribution < 1.29 is 14.5 Å². The molecule has 0 saturated carbocycles. The van der Waals surface area contributed by atoms with Crippen LogP contribution in [0.3, 0.4) is 0 Å². The van der Waals surface area contributed by atoms with Crippen molar-refractivity contribution in [2.75, 3.05) is 11.9 Å². The Labute approximate surface area is 190 Å². The molecule has 0 aliphatic carbocycles. The van der Waals surface area contributed by atoms with Crippen LogP contribution in [0.25, 0.3) is 21.9 Å². The van der Waals surface area contributed by atoms with Crippen molar-refractivity contribution in [2.45, 2.75) is 33.2 Å². The molecule has 1 atom stereocenters. The van der Waals surface area contributed by atoms with Crippen LogP contribution in [-0.4, -0.2) is 32.2 Å². The maximum atomic E-state index is 12.6. The number of hydrogen-bond donors (Lipinski definition) is 1. The molecule has 2 heterocycles. The number of imidazole rings is 1. The second-order valence-electron chi connectivity index (χ2n) is 8.41. The number of nitrogens with zero attached hydrogens (tertiary/aromatic N) is 4. The molecule has 0 bridgehead atoms. The number of carbonyl (C=O) groups is 1. The molecule has 0 spiro atoms. The average molecular weight is 447 g/mol. The van der Waals surface area contributed by atoms with E-state index in [9.17, 15) is 14.9 Å². The van der Waals surface area contributed by atoms with E-state index in [1.807, 2.05) is 24.3 Å². The van der Waals surface area contributed by atoms with Crippen molar-refractivity contribution in [3.8, 4) is 0 Å². The van der Waals surface area contributed by atoms with Crippen LogP contribution in [0.2, 0.25) is 0 Å². The molecule has 2 aromatic carbocycles. The van der Waals surface area contributed by atoms with E-state index in [1.54, 1.807) is 31.5 Å². The average Bonchev–Trinajstić information content (AvgIpc) is 3.21. The molecule has 9 nitrogen and oxygen atoms in total. The number of pyridine rings is 1. The molecule has 0 fully saturated rings. The topological polar surface area (TPSA) is 112 Å². The maximum absolute atomic E-state index is 12.6. The number of benzene rings is 2. The number of para-hydroxylation sites is 2. The van der Waals surface area contributed by atoms with Crippen molar-refractivity contribution in [1.29, 1.82) is 0 Å². The summed E-state index contributed by atoms with van der Waals surface area (Å²) >= 11 is 0. The third kappa shape index (κ3) is 4.62. The van der Waals surface area contributed by atoms with Gasteiger partial charge >= 0.3 is 6.09 Å². The van der Waals surface area contributed by atoms with Gasteiger partial charge in [-0.25, -0.2) is 14.8 Å². The Morgan fingerprint density at radius 1 is 1.15 bits per heavy atom. The summed E-state index contributed by atoms with van der Waals surface area (Å²) in [6.45, 7) is 6.79. The lowest BCUT2D eigenvalue weighted by Gasteiger charge is -2.14. The number of nitro benzene ring substituents is 1. The molecule has 1 amide bonds. The Morgan fingerprint density at radius 2 is 1.88 bits per heavy atom. The van der Waals surface area contributed by atoms with Crippen LogP contribution in [0, 0.1) is 16.0 Å². The minimum absolute atomic E-state index is 0.00241. The Kier molecular flexibility index (Phi) is 6.21. The number of nitro groups is 1. The van der Waals surface area contributed by atoms with E-state index in [-0.39, 0.29) is 18.2 Å². The minimum atomic E-state index is -0.692. The summed E-state index contributed by atoms with van der Waals surface area (Å²) in [7, 11) is 0. The molecule has 0 aliphatic heterocycles. The quantitative estimate of drug-likeness (QED) is 0.296. The molecule has 1 N–H and O–H groups in total. The van der Waals surface area contributed by atoms with Crippen molar-refractivity contribution in [1.82, 2.24) is 14.5 Å². The molecule has 0 radical (unpaired) electrons. The minimum Gasteiger partial charge on any atom is -0.449 e. The van der Waals surface area contributed by atoms with E-state index in [0.717, 1.165) is 23.0 Å². The number of carbonyl (C=O) groups excluding carboxylic acids is 1. The van der Waals surface area contributed by atoms with Gasteiger partial charge in [-0.15, -0.1) is 0 Å². The molecule has 0 saturated heterocycles. The zero-order valence-corrected chi connectivity index (χ0v) is 18.7. The zero-order valence-electron chi connectivity index (χ0n) is 18.7. The van der Waals surface area contributed by atoms with Gasteiger partial charge in [0.25, 0.3) is 5.69 Å². The maximum Gasteiger partial charge on any atom is 0.412 e. The van der Waals surface area contributed by atoms with Crippen LogP contribution in [0.15, 0.2) is 54.9 Å². The first-order chi connectivity index (χ1) is 15.8. The monoisotopic (exact) mass is 447 g/mol. The molecule has 33 heavy (non-hydrogen) atoms. The van der Waals surface area contributed by atoms with Gasteiger partial charge in [0.1, 0.15) is 12.1 Å². The highest BCUT2D eigenvalue weighted by Crippen LogP contribution is 2.30. The first-order valence-corrected chi connectivity index (χ1v) is 10.8. The predicted octanol–water partition coefficient (Wildman–Crippen LogP) is 5.50. The summed E-state index contributed by atoms with van der Waals surface area (Å²) in [6.07, 6.45) is 1.06.